The smallest absolute Gasteiger partial charge is 0.208 e. The summed E-state index contributed by atoms with van der Waals surface area (Å²) in [6.07, 6.45) is 5.56. The summed E-state index contributed by atoms with van der Waals surface area (Å²) in [6.45, 7) is 0. The molecule has 74 valence electrons. The van der Waals surface area contributed by atoms with Gasteiger partial charge in [-0.2, -0.15) is 0 Å². The van der Waals surface area contributed by atoms with Crippen LogP contribution in [0.3, 0.4) is 0 Å². The zero-order chi connectivity index (χ0) is 10.7. The lowest BCUT2D eigenvalue weighted by molar-refractivity contribution is -0.195. The van der Waals surface area contributed by atoms with Crippen molar-refractivity contribution in [3.63, 3.8) is 0 Å². The average Bonchev–Trinajstić information content (AvgIpc) is 2.44. The lowest BCUT2D eigenvalue weighted by Gasteiger charge is -1.99. The van der Waals surface area contributed by atoms with E-state index in [-0.39, 0.29) is 0 Å². The fraction of sp³-hybridized carbons (Fsp3) is 0. The molecule has 0 amide bonds. The monoisotopic (exact) mass is 421 g/mol. The summed E-state index contributed by atoms with van der Waals surface area (Å²) >= 11 is 4.56. The second-order valence-corrected chi connectivity index (χ2v) is 5.08. The number of hydrogen-bond donors (Lipinski definition) is 0. The molecule has 0 spiro atoms. The molecule has 0 saturated heterocycles. The van der Waals surface area contributed by atoms with Crippen molar-refractivity contribution in [1.29, 1.82) is 0 Å². The summed E-state index contributed by atoms with van der Waals surface area (Å²) in [6, 6.07) is 8.28. The Kier molecular flexibility index (Phi) is 3.71. The van der Waals surface area contributed by atoms with Crippen LogP contribution in [0.1, 0.15) is 5.56 Å². The number of halogens is 2. The van der Waals surface area contributed by atoms with Crippen molar-refractivity contribution < 1.29 is 2.79 Å². The minimum atomic E-state index is 1.12. The van der Waals surface area contributed by atoms with E-state index in [2.05, 4.69) is 68.5 Å². The molecule has 1 aliphatic heterocycles. The highest BCUT2D eigenvalue weighted by Crippen LogP contribution is 2.15. The fourth-order valence-electron chi connectivity index (χ4n) is 1.25. The quantitative estimate of drug-likeness (QED) is 0.490. The molecule has 0 unspecified atom stereocenters. The van der Waals surface area contributed by atoms with E-state index >= 15 is 0 Å². The largest absolute Gasteiger partial charge is 0.355 e. The third-order valence-corrected chi connectivity index (χ3v) is 3.67. The van der Waals surface area contributed by atoms with Crippen LogP contribution in [0.5, 0.6) is 0 Å². The first-order valence-electron chi connectivity index (χ1n) is 4.31. The maximum Gasteiger partial charge on any atom is 0.355 e. The second-order valence-electron chi connectivity index (χ2n) is 2.88. The molecule has 0 radical (unpaired) electrons. The van der Waals surface area contributed by atoms with E-state index in [1.807, 2.05) is 27.2 Å². The van der Waals surface area contributed by atoms with E-state index in [4.69, 9.17) is 0 Å². The van der Waals surface area contributed by atoms with E-state index in [1.54, 1.807) is 6.20 Å². The topological polar surface area (TPSA) is 15.4 Å². The van der Waals surface area contributed by atoms with Crippen molar-refractivity contribution in [2.45, 2.75) is 0 Å². The molecular formula is C11H7I2N2+. The van der Waals surface area contributed by atoms with Crippen LogP contribution in [-0.2, 0) is 0 Å². The van der Waals surface area contributed by atoms with E-state index in [9.17, 15) is 0 Å². The molecule has 0 saturated carbocycles. The Bertz CT molecular complexity index is 509. The molecule has 1 aliphatic rings. The van der Waals surface area contributed by atoms with Gasteiger partial charge in [0.05, 0.1) is 11.4 Å². The van der Waals surface area contributed by atoms with Crippen LogP contribution in [0.15, 0.2) is 47.7 Å². The van der Waals surface area contributed by atoms with Crippen LogP contribution >= 0.6 is 45.5 Å². The van der Waals surface area contributed by atoms with Gasteiger partial charge in [-0.1, -0.05) is 12.1 Å². The van der Waals surface area contributed by atoms with Crippen molar-refractivity contribution in [2.24, 2.45) is 4.99 Å². The fourth-order valence-corrected chi connectivity index (χ4v) is 2.46. The van der Waals surface area contributed by atoms with Crippen molar-refractivity contribution in [1.82, 2.24) is 0 Å². The molecule has 0 aromatic heterocycles. The molecule has 1 aromatic rings. The predicted molar refractivity (Wildman–Crippen MR) is 78.7 cm³/mol. The van der Waals surface area contributed by atoms with Gasteiger partial charge in [-0.05, 0) is 34.7 Å². The first-order valence-corrected chi connectivity index (χ1v) is 6.35. The van der Waals surface area contributed by atoms with Crippen LogP contribution in [-0.4, -0.2) is 14.4 Å². The highest BCUT2D eigenvalue weighted by Gasteiger charge is 2.14. The standard InChI is InChI=1S/C11H7I2N2/c12-10-4-2-1-3-9(10)11-5-6-14-7-8-15(11)13/h1-6,8H/q+1. The van der Waals surface area contributed by atoms with E-state index in [0.717, 1.165) is 5.71 Å². The summed E-state index contributed by atoms with van der Waals surface area (Å²) in [5.74, 6) is 2.82. The molecular weight excluding hydrogens is 414 g/mol. The van der Waals surface area contributed by atoms with Gasteiger partial charge in [0.15, 0.2) is 0 Å². The van der Waals surface area contributed by atoms with Gasteiger partial charge in [-0.15, -0.1) is 2.79 Å². The van der Waals surface area contributed by atoms with Gasteiger partial charge in [0.1, 0.15) is 0 Å². The van der Waals surface area contributed by atoms with E-state index < -0.39 is 0 Å². The summed E-state index contributed by atoms with van der Waals surface area (Å²) < 4.78 is 3.22. The third kappa shape index (κ3) is 2.56. The van der Waals surface area contributed by atoms with Crippen LogP contribution in [0.4, 0.5) is 0 Å². The number of nitrogens with zero attached hydrogens (tertiary/aromatic N) is 2. The third-order valence-electron chi connectivity index (χ3n) is 1.93. The Labute approximate surface area is 116 Å². The molecule has 2 nitrogen and oxygen atoms in total. The predicted octanol–water partition coefficient (Wildman–Crippen LogP) is 3.15. The molecule has 15 heavy (non-hydrogen) atoms. The zero-order valence-corrected chi connectivity index (χ0v) is 12.0. The Morgan fingerprint density at radius 3 is 2.87 bits per heavy atom. The second kappa shape index (κ2) is 5.05. The number of rotatable bonds is 1. The molecule has 1 heterocycles. The Hall–Kier alpha value is -0.460. The summed E-state index contributed by atoms with van der Waals surface area (Å²) in [5.41, 5.74) is 2.33. The van der Waals surface area contributed by atoms with Gasteiger partial charge in [0.25, 0.3) is 0 Å². The normalized spacial score (nSPS) is 14.5. The number of benzene rings is 1. The highest BCUT2D eigenvalue weighted by molar-refractivity contribution is 14.1. The molecule has 2 rings (SSSR count). The SMILES string of the molecule is Ic1ccccc1C1=[N+](I)C=C=NC=C1. The lowest BCUT2D eigenvalue weighted by atomic mass is 10.1. The first kappa shape index (κ1) is 11.0. The van der Waals surface area contributed by atoms with Crippen LogP contribution in [0, 0.1) is 3.57 Å². The van der Waals surface area contributed by atoms with Crippen molar-refractivity contribution in [3.05, 3.63) is 51.9 Å². The summed E-state index contributed by atoms with van der Waals surface area (Å²) in [4.78, 5) is 3.97. The van der Waals surface area contributed by atoms with Crippen LogP contribution in [0.25, 0.3) is 0 Å². The van der Waals surface area contributed by atoms with Gasteiger partial charge < -0.3 is 0 Å². The minimum absolute atomic E-state index is 1.12. The number of aliphatic imine (C=N–C) groups is 1. The van der Waals surface area contributed by atoms with Gasteiger partial charge >= 0.3 is 22.9 Å². The van der Waals surface area contributed by atoms with Crippen molar-refractivity contribution in [3.8, 4) is 0 Å². The molecule has 4 heteroatoms. The summed E-state index contributed by atoms with van der Waals surface area (Å²) in [5, 5.41) is 0. The van der Waals surface area contributed by atoms with Gasteiger partial charge in [-0.25, -0.2) is 4.99 Å². The highest BCUT2D eigenvalue weighted by atomic mass is 127. The zero-order valence-electron chi connectivity index (χ0n) is 7.69. The van der Waals surface area contributed by atoms with Crippen molar-refractivity contribution in [2.75, 3.05) is 0 Å². The van der Waals surface area contributed by atoms with E-state index in [1.165, 1.54) is 9.13 Å². The molecule has 0 fully saturated rings. The van der Waals surface area contributed by atoms with Crippen LogP contribution in [0.2, 0.25) is 0 Å². The Morgan fingerprint density at radius 1 is 1.27 bits per heavy atom. The minimum Gasteiger partial charge on any atom is -0.208 e. The van der Waals surface area contributed by atoms with Crippen LogP contribution < -0.4 is 0 Å². The Balaban J connectivity index is 2.57. The van der Waals surface area contributed by atoms with Gasteiger partial charge in [-0.3, -0.25) is 0 Å². The Morgan fingerprint density at radius 2 is 2.07 bits per heavy atom. The molecule has 1 aromatic carbocycles. The van der Waals surface area contributed by atoms with Gasteiger partial charge in [0.2, 0.25) is 11.9 Å². The summed E-state index contributed by atoms with van der Waals surface area (Å²) in [7, 11) is 0. The number of hydrogen-bond acceptors (Lipinski definition) is 1. The molecule has 0 aliphatic carbocycles. The van der Waals surface area contributed by atoms with Crippen molar-refractivity contribution >= 4 is 57.0 Å². The van der Waals surface area contributed by atoms with Gasteiger partial charge in [0, 0.05) is 15.8 Å². The average molecular weight is 421 g/mol. The maximum absolute atomic E-state index is 3.97. The van der Waals surface area contributed by atoms with E-state index in [0.29, 0.717) is 0 Å². The maximum atomic E-state index is 3.97. The number of allylic oxidation sites excluding steroid dienone is 1. The molecule has 0 N–H and O–H groups in total. The molecule has 0 bridgehead atoms. The lowest BCUT2D eigenvalue weighted by Crippen LogP contribution is -2.08. The first-order chi connectivity index (χ1) is 7.29. The molecule has 0 atom stereocenters.